The number of fused-ring (bicyclic) bond motifs is 1. The van der Waals surface area contributed by atoms with Gasteiger partial charge in [0.15, 0.2) is 0 Å². The Morgan fingerprint density at radius 2 is 1.73 bits per heavy atom. The van der Waals surface area contributed by atoms with Gasteiger partial charge in [-0.2, -0.15) is 0 Å². The zero-order valence-electron chi connectivity index (χ0n) is 17.7. The van der Waals surface area contributed by atoms with Crippen molar-refractivity contribution in [1.82, 2.24) is 25.2 Å². The smallest absolute Gasteiger partial charge is 0.138 e. The van der Waals surface area contributed by atoms with E-state index in [0.717, 1.165) is 39.0 Å². The number of pyridine rings is 1. The van der Waals surface area contributed by atoms with Crippen LogP contribution in [0.25, 0.3) is 22.6 Å². The summed E-state index contributed by atoms with van der Waals surface area (Å²) in [6.07, 6.45) is 3.70. The van der Waals surface area contributed by atoms with Gasteiger partial charge in [-0.25, -0.2) is 9.67 Å². The third kappa shape index (κ3) is 5.25. The van der Waals surface area contributed by atoms with Crippen molar-refractivity contribution in [2.24, 2.45) is 0 Å². The van der Waals surface area contributed by atoms with Gasteiger partial charge in [-0.15, -0.1) is 5.10 Å². The first-order chi connectivity index (χ1) is 16.2. The molecule has 0 N–H and O–H groups in total. The summed E-state index contributed by atoms with van der Waals surface area (Å²) in [6, 6.07) is 27.8. The molecule has 0 aliphatic rings. The number of rotatable bonds is 7. The summed E-state index contributed by atoms with van der Waals surface area (Å²) >= 11 is 6.03. The Balaban J connectivity index is 1.34. The summed E-state index contributed by atoms with van der Waals surface area (Å²) in [5, 5.41) is 13.3. The lowest BCUT2D eigenvalue weighted by atomic mass is 10.0. The molecule has 3 aromatic carbocycles. The second-order valence-corrected chi connectivity index (χ2v) is 7.97. The van der Waals surface area contributed by atoms with E-state index in [1.54, 1.807) is 11.0 Å². The Labute approximate surface area is 196 Å². The highest BCUT2D eigenvalue weighted by atomic mass is 35.5. The predicted molar refractivity (Wildman–Crippen MR) is 130 cm³/mol. The fourth-order valence-electron chi connectivity index (χ4n) is 3.52. The maximum Gasteiger partial charge on any atom is 0.138 e. The number of benzene rings is 3. The Morgan fingerprint density at radius 1 is 0.909 bits per heavy atom. The van der Waals surface area contributed by atoms with E-state index < -0.39 is 0 Å². The fraction of sp³-hybridized carbons (Fsp3) is 0.0769. The van der Waals surface area contributed by atoms with Crippen molar-refractivity contribution in [3.05, 3.63) is 113 Å². The van der Waals surface area contributed by atoms with Gasteiger partial charge in [0.2, 0.25) is 0 Å². The highest BCUT2D eigenvalue weighted by Crippen LogP contribution is 2.24. The average Bonchev–Trinajstić information content (AvgIpc) is 3.37. The molecule has 7 heteroatoms. The maximum absolute atomic E-state index is 6.03. The predicted octanol–water partition coefficient (Wildman–Crippen LogP) is 5.69. The number of allylic oxidation sites excluding steroid dienone is 1. The molecule has 162 valence electrons. The van der Waals surface area contributed by atoms with E-state index in [1.807, 2.05) is 72.8 Å². The number of para-hydroxylation sites is 1. The first-order valence-corrected chi connectivity index (χ1v) is 10.9. The van der Waals surface area contributed by atoms with Crippen molar-refractivity contribution in [3.8, 4) is 5.75 Å². The molecule has 0 aliphatic carbocycles. The molecule has 0 bridgehead atoms. The monoisotopic (exact) mass is 453 g/mol. The molecule has 0 aliphatic heterocycles. The Hall–Kier alpha value is -4.03. The fourth-order valence-corrected chi connectivity index (χ4v) is 3.64. The molecule has 0 amide bonds. The maximum atomic E-state index is 6.03. The lowest BCUT2D eigenvalue weighted by Gasteiger charge is -2.11. The van der Waals surface area contributed by atoms with Gasteiger partial charge in [0.1, 0.15) is 18.7 Å². The average molecular weight is 454 g/mol. The molecule has 0 spiro atoms. The Bertz CT molecular complexity index is 1380. The molecule has 0 saturated carbocycles. The second-order valence-electron chi connectivity index (χ2n) is 7.54. The zero-order valence-corrected chi connectivity index (χ0v) is 18.4. The normalized spacial score (nSPS) is 11.6. The van der Waals surface area contributed by atoms with Crippen LogP contribution >= 0.6 is 11.6 Å². The minimum atomic E-state index is 0.405. The number of halogens is 1. The number of hydrogen-bond donors (Lipinski definition) is 0. The molecule has 0 unspecified atom stereocenters. The van der Waals surface area contributed by atoms with Crippen molar-refractivity contribution in [1.29, 1.82) is 0 Å². The van der Waals surface area contributed by atoms with Crippen LogP contribution < -0.4 is 4.74 Å². The molecule has 6 nitrogen and oxygen atoms in total. The number of aromatic nitrogens is 5. The summed E-state index contributed by atoms with van der Waals surface area (Å²) < 4.78 is 7.67. The molecule has 0 radical (unpaired) electrons. The van der Waals surface area contributed by atoms with Gasteiger partial charge < -0.3 is 4.74 Å². The lowest BCUT2D eigenvalue weighted by Crippen LogP contribution is -2.02. The van der Waals surface area contributed by atoms with E-state index >= 15 is 0 Å². The third-order valence-corrected chi connectivity index (χ3v) is 5.45. The SMILES string of the molecule is Clc1ccc(/C=C(/Cn2cnnn2)c2ccc(OCc3ccc4ccccc4n3)cc2)cc1. The van der Waals surface area contributed by atoms with E-state index in [9.17, 15) is 0 Å². The molecule has 33 heavy (non-hydrogen) atoms. The summed E-state index contributed by atoms with van der Waals surface area (Å²) in [6.45, 7) is 0.944. The van der Waals surface area contributed by atoms with Crippen LogP contribution in [0.1, 0.15) is 16.8 Å². The number of hydrogen-bond acceptors (Lipinski definition) is 5. The number of tetrazole rings is 1. The van der Waals surface area contributed by atoms with Crippen LogP contribution in [-0.4, -0.2) is 25.2 Å². The molecule has 5 aromatic rings. The lowest BCUT2D eigenvalue weighted by molar-refractivity contribution is 0.302. The van der Waals surface area contributed by atoms with E-state index in [2.05, 4.69) is 38.7 Å². The molecule has 5 rings (SSSR count). The van der Waals surface area contributed by atoms with Crippen molar-refractivity contribution in [3.63, 3.8) is 0 Å². The van der Waals surface area contributed by atoms with Crippen molar-refractivity contribution < 1.29 is 4.74 Å². The summed E-state index contributed by atoms with van der Waals surface area (Å²) in [5.41, 5.74) is 5.02. The quantitative estimate of drug-likeness (QED) is 0.296. The number of ether oxygens (including phenoxy) is 1. The van der Waals surface area contributed by atoms with E-state index in [4.69, 9.17) is 16.3 Å². The van der Waals surface area contributed by atoms with Crippen LogP contribution in [0.5, 0.6) is 5.75 Å². The second kappa shape index (κ2) is 9.63. The van der Waals surface area contributed by atoms with Crippen LogP contribution in [0.15, 0.2) is 91.3 Å². The zero-order chi connectivity index (χ0) is 22.5. The first-order valence-electron chi connectivity index (χ1n) is 10.5. The van der Waals surface area contributed by atoms with E-state index in [1.165, 1.54) is 0 Å². The highest BCUT2D eigenvalue weighted by Gasteiger charge is 2.07. The minimum absolute atomic E-state index is 0.405. The Kier molecular flexibility index (Phi) is 6.08. The minimum Gasteiger partial charge on any atom is -0.487 e. The summed E-state index contributed by atoms with van der Waals surface area (Å²) in [7, 11) is 0. The van der Waals surface area contributed by atoms with E-state index in [-0.39, 0.29) is 0 Å². The van der Waals surface area contributed by atoms with E-state index in [0.29, 0.717) is 18.2 Å². The Morgan fingerprint density at radius 3 is 2.52 bits per heavy atom. The van der Waals surface area contributed by atoms with Gasteiger partial charge in [-0.05, 0) is 69.6 Å². The van der Waals surface area contributed by atoms with Crippen molar-refractivity contribution >= 4 is 34.2 Å². The van der Waals surface area contributed by atoms with Gasteiger partial charge >= 0.3 is 0 Å². The number of nitrogens with zero attached hydrogens (tertiary/aromatic N) is 5. The molecule has 0 atom stereocenters. The summed E-state index contributed by atoms with van der Waals surface area (Å²) in [5.74, 6) is 0.780. The van der Waals surface area contributed by atoms with Crippen LogP contribution in [0.4, 0.5) is 0 Å². The van der Waals surface area contributed by atoms with Crippen molar-refractivity contribution in [2.45, 2.75) is 13.2 Å². The molecule has 2 heterocycles. The van der Waals surface area contributed by atoms with Crippen LogP contribution in [0.2, 0.25) is 5.02 Å². The van der Waals surface area contributed by atoms with Crippen molar-refractivity contribution in [2.75, 3.05) is 0 Å². The largest absolute Gasteiger partial charge is 0.487 e. The molecular weight excluding hydrogens is 434 g/mol. The van der Waals surface area contributed by atoms with Gasteiger partial charge in [0.05, 0.1) is 17.8 Å². The van der Waals surface area contributed by atoms with Crippen LogP contribution in [-0.2, 0) is 13.2 Å². The van der Waals surface area contributed by atoms with Gasteiger partial charge in [0.25, 0.3) is 0 Å². The molecule has 0 fully saturated rings. The summed E-state index contributed by atoms with van der Waals surface area (Å²) in [4.78, 5) is 4.67. The molecular formula is C26H20ClN5O. The first kappa shape index (κ1) is 20.8. The van der Waals surface area contributed by atoms with Gasteiger partial charge in [-0.3, -0.25) is 0 Å². The standard InChI is InChI=1S/C26H20ClN5O/c27-23-10-5-19(6-11-23)15-22(16-32-18-28-30-31-32)20-8-13-25(14-9-20)33-17-24-12-7-21-3-1-2-4-26(21)29-24/h1-15,18H,16-17H2/b22-15-. The van der Waals surface area contributed by atoms with Gasteiger partial charge in [0, 0.05) is 10.4 Å². The highest BCUT2D eigenvalue weighted by molar-refractivity contribution is 6.30. The van der Waals surface area contributed by atoms with Gasteiger partial charge in [-0.1, -0.05) is 60.1 Å². The third-order valence-electron chi connectivity index (χ3n) is 5.20. The van der Waals surface area contributed by atoms with Crippen LogP contribution in [0.3, 0.4) is 0 Å². The molecule has 2 aromatic heterocycles. The molecule has 0 saturated heterocycles. The topological polar surface area (TPSA) is 65.7 Å². The van der Waals surface area contributed by atoms with Crippen LogP contribution in [0, 0.1) is 0 Å².